The predicted molar refractivity (Wildman–Crippen MR) is 116 cm³/mol. The van der Waals surface area contributed by atoms with E-state index in [9.17, 15) is 22.8 Å². The predicted octanol–water partition coefficient (Wildman–Crippen LogP) is 2.39. The zero-order chi connectivity index (χ0) is 23.3. The van der Waals surface area contributed by atoms with E-state index in [2.05, 4.69) is 10.6 Å². The first-order valence-corrected chi connectivity index (χ1v) is 10.8. The normalized spacial score (nSPS) is 12.2. The van der Waals surface area contributed by atoms with Crippen molar-refractivity contribution in [3.8, 4) is 0 Å². The van der Waals surface area contributed by atoms with Crippen molar-refractivity contribution >= 4 is 39.2 Å². The van der Waals surface area contributed by atoms with Crippen molar-refractivity contribution < 1.29 is 27.5 Å². The third-order valence-corrected chi connectivity index (χ3v) is 6.15. The summed E-state index contributed by atoms with van der Waals surface area (Å²) in [7, 11) is -0.839. The molecule has 0 saturated heterocycles. The van der Waals surface area contributed by atoms with Gasteiger partial charge in [0.25, 0.3) is 5.91 Å². The Balaban J connectivity index is 2.09. The van der Waals surface area contributed by atoms with Gasteiger partial charge in [0.15, 0.2) is 6.10 Å². The number of hydrogen-bond donors (Lipinski definition) is 2. The van der Waals surface area contributed by atoms with Crippen LogP contribution in [-0.2, 0) is 24.3 Å². The number of nitrogens with one attached hydrogen (secondary N) is 2. The number of aryl methyl sites for hydroxylation is 1. The average molecular weight is 448 g/mol. The number of carbonyl (C=O) groups excluding carboxylic acids is 3. The number of amides is 2. The van der Waals surface area contributed by atoms with Crippen LogP contribution in [0.1, 0.15) is 29.8 Å². The summed E-state index contributed by atoms with van der Waals surface area (Å²) in [4.78, 5) is 35.9. The molecule has 2 rings (SSSR count). The molecule has 0 radical (unpaired) electrons. The van der Waals surface area contributed by atoms with Gasteiger partial charge in [-0.15, -0.1) is 0 Å². The lowest BCUT2D eigenvalue weighted by Crippen LogP contribution is -2.30. The van der Waals surface area contributed by atoms with Crippen molar-refractivity contribution in [3.63, 3.8) is 0 Å². The average Bonchev–Trinajstić information content (AvgIpc) is 2.69. The van der Waals surface area contributed by atoms with E-state index in [0.717, 1.165) is 4.31 Å². The molecule has 0 aromatic heterocycles. The highest BCUT2D eigenvalue weighted by molar-refractivity contribution is 7.89. The Morgan fingerprint density at radius 1 is 1.00 bits per heavy atom. The Morgan fingerprint density at radius 3 is 2.16 bits per heavy atom. The van der Waals surface area contributed by atoms with Crippen molar-refractivity contribution in [2.45, 2.75) is 31.8 Å². The monoisotopic (exact) mass is 447 g/mol. The smallest absolute Gasteiger partial charge is 0.338 e. The van der Waals surface area contributed by atoms with Crippen LogP contribution in [0.25, 0.3) is 0 Å². The van der Waals surface area contributed by atoms with Gasteiger partial charge in [0.2, 0.25) is 15.9 Å². The van der Waals surface area contributed by atoms with E-state index in [0.29, 0.717) is 16.9 Å². The van der Waals surface area contributed by atoms with Crippen LogP contribution in [0.2, 0.25) is 0 Å². The summed E-state index contributed by atoms with van der Waals surface area (Å²) in [5.74, 6) is -1.55. The lowest BCUT2D eigenvalue weighted by Gasteiger charge is -2.17. The van der Waals surface area contributed by atoms with E-state index in [1.807, 2.05) is 0 Å². The van der Waals surface area contributed by atoms with E-state index >= 15 is 0 Å². The third-order valence-electron chi connectivity index (χ3n) is 4.34. The molecule has 2 N–H and O–H groups in total. The van der Waals surface area contributed by atoms with Crippen LogP contribution in [0.4, 0.5) is 11.4 Å². The molecule has 0 saturated carbocycles. The third kappa shape index (κ3) is 6.12. The van der Waals surface area contributed by atoms with Gasteiger partial charge in [-0.1, -0.05) is 6.07 Å². The van der Waals surface area contributed by atoms with Crippen molar-refractivity contribution in [1.82, 2.24) is 4.31 Å². The summed E-state index contributed by atoms with van der Waals surface area (Å²) in [6.45, 7) is 4.50. The molecule has 9 nitrogen and oxygen atoms in total. The molecule has 2 aromatic carbocycles. The molecule has 0 spiro atoms. The minimum atomic E-state index is -3.67. The Bertz CT molecular complexity index is 1090. The van der Waals surface area contributed by atoms with E-state index in [4.69, 9.17) is 4.74 Å². The summed E-state index contributed by atoms with van der Waals surface area (Å²) in [6, 6.07) is 10.4. The van der Waals surface area contributed by atoms with Crippen LogP contribution < -0.4 is 10.6 Å². The van der Waals surface area contributed by atoms with Crippen molar-refractivity contribution in [1.29, 1.82) is 0 Å². The summed E-state index contributed by atoms with van der Waals surface area (Å²) in [6.07, 6.45) is -1.13. The minimum absolute atomic E-state index is 0.0299. The zero-order valence-electron chi connectivity index (χ0n) is 17.9. The van der Waals surface area contributed by atoms with Gasteiger partial charge in [0, 0.05) is 32.4 Å². The fourth-order valence-corrected chi connectivity index (χ4v) is 3.44. The molecule has 2 amide bonds. The standard InChI is InChI=1S/C21H25N3O6S/c1-13-6-11-18(31(28,29)24(4)5)12-19(13)23-20(26)14(2)30-21(27)16-7-9-17(10-8-16)22-15(3)25/h6-12,14H,1-5H3,(H,22,25)(H,23,26). The first kappa shape index (κ1) is 24.0. The molecule has 0 bridgehead atoms. The van der Waals surface area contributed by atoms with Crippen LogP contribution >= 0.6 is 0 Å². The van der Waals surface area contributed by atoms with Crippen LogP contribution in [0.5, 0.6) is 0 Å². The summed E-state index contributed by atoms with van der Waals surface area (Å²) in [5, 5.41) is 5.19. The lowest BCUT2D eigenvalue weighted by molar-refractivity contribution is -0.123. The van der Waals surface area contributed by atoms with Crippen molar-refractivity contribution in [3.05, 3.63) is 53.6 Å². The highest BCUT2D eigenvalue weighted by Gasteiger charge is 2.22. The van der Waals surface area contributed by atoms with Gasteiger partial charge < -0.3 is 15.4 Å². The van der Waals surface area contributed by atoms with Gasteiger partial charge in [-0.3, -0.25) is 9.59 Å². The lowest BCUT2D eigenvalue weighted by atomic mass is 10.2. The summed E-state index contributed by atoms with van der Waals surface area (Å²) >= 11 is 0. The topological polar surface area (TPSA) is 122 Å². The van der Waals surface area contributed by atoms with E-state index < -0.39 is 28.0 Å². The van der Waals surface area contributed by atoms with Gasteiger partial charge in [-0.25, -0.2) is 17.5 Å². The highest BCUT2D eigenvalue weighted by Crippen LogP contribution is 2.22. The molecular formula is C21H25N3O6S. The molecule has 1 atom stereocenters. The number of nitrogens with zero attached hydrogens (tertiary/aromatic N) is 1. The number of carbonyl (C=O) groups is 3. The Labute approximate surface area is 181 Å². The van der Waals surface area contributed by atoms with Crippen LogP contribution in [0.15, 0.2) is 47.4 Å². The molecule has 31 heavy (non-hydrogen) atoms. The van der Waals surface area contributed by atoms with Gasteiger partial charge in [0.05, 0.1) is 10.5 Å². The van der Waals surface area contributed by atoms with Crippen molar-refractivity contribution in [2.24, 2.45) is 0 Å². The molecule has 0 aliphatic heterocycles. The molecule has 2 aromatic rings. The number of benzene rings is 2. The van der Waals surface area contributed by atoms with E-state index in [1.165, 1.54) is 52.2 Å². The van der Waals surface area contributed by atoms with Crippen LogP contribution in [0, 0.1) is 6.92 Å². The second-order valence-corrected chi connectivity index (χ2v) is 9.21. The first-order chi connectivity index (χ1) is 14.4. The number of ether oxygens (including phenoxy) is 1. The van der Waals surface area contributed by atoms with E-state index in [1.54, 1.807) is 25.1 Å². The largest absolute Gasteiger partial charge is 0.449 e. The second kappa shape index (κ2) is 9.71. The van der Waals surface area contributed by atoms with Gasteiger partial charge >= 0.3 is 5.97 Å². The molecular weight excluding hydrogens is 422 g/mol. The molecule has 0 aliphatic carbocycles. The maximum absolute atomic E-state index is 12.5. The number of esters is 1. The molecule has 166 valence electrons. The number of hydrogen-bond acceptors (Lipinski definition) is 6. The molecule has 0 aliphatic rings. The van der Waals surface area contributed by atoms with Gasteiger partial charge in [0.1, 0.15) is 0 Å². The quantitative estimate of drug-likeness (QED) is 0.629. The van der Waals surface area contributed by atoms with Gasteiger partial charge in [-0.2, -0.15) is 0 Å². The molecule has 0 fully saturated rings. The Hall–Kier alpha value is -3.24. The van der Waals surface area contributed by atoms with Crippen LogP contribution in [-0.4, -0.2) is 50.7 Å². The van der Waals surface area contributed by atoms with Gasteiger partial charge in [-0.05, 0) is 55.8 Å². The summed E-state index contributed by atoms with van der Waals surface area (Å²) in [5.41, 5.74) is 1.69. The van der Waals surface area contributed by atoms with E-state index in [-0.39, 0.29) is 16.4 Å². The Kier molecular flexibility index (Phi) is 7.53. The second-order valence-electron chi connectivity index (χ2n) is 7.06. The highest BCUT2D eigenvalue weighted by atomic mass is 32.2. The SMILES string of the molecule is CC(=O)Nc1ccc(C(=O)OC(C)C(=O)Nc2cc(S(=O)(=O)N(C)C)ccc2C)cc1. The Morgan fingerprint density at radius 2 is 1.61 bits per heavy atom. The zero-order valence-corrected chi connectivity index (χ0v) is 18.7. The molecule has 0 heterocycles. The number of rotatable bonds is 7. The molecule has 10 heteroatoms. The van der Waals surface area contributed by atoms with Crippen LogP contribution in [0.3, 0.4) is 0 Å². The summed E-state index contributed by atoms with van der Waals surface area (Å²) < 4.78 is 30.9. The van der Waals surface area contributed by atoms with Crippen molar-refractivity contribution in [2.75, 3.05) is 24.7 Å². The fraction of sp³-hybridized carbons (Fsp3) is 0.286. The fourth-order valence-electron chi connectivity index (χ4n) is 2.52. The maximum Gasteiger partial charge on any atom is 0.338 e. The number of anilines is 2. The first-order valence-electron chi connectivity index (χ1n) is 9.34. The molecule has 1 unspecified atom stereocenters. The number of sulfonamides is 1. The minimum Gasteiger partial charge on any atom is -0.449 e. The maximum atomic E-state index is 12.5.